The first kappa shape index (κ1) is 22.6. The van der Waals surface area contributed by atoms with Crippen LogP contribution in [0.4, 0.5) is 14.5 Å². The number of carbonyl (C=O) groups is 1. The monoisotopic (exact) mass is 449 g/mol. The van der Waals surface area contributed by atoms with Gasteiger partial charge in [0.25, 0.3) is 5.56 Å². The Morgan fingerprint density at radius 3 is 2.45 bits per heavy atom. The van der Waals surface area contributed by atoms with Crippen molar-refractivity contribution in [3.63, 3.8) is 0 Å². The van der Waals surface area contributed by atoms with E-state index in [2.05, 4.69) is 15.3 Å². The maximum Gasteiger partial charge on any atom is 0.332 e. The van der Waals surface area contributed by atoms with Crippen molar-refractivity contribution >= 4 is 34.4 Å². The number of thioether (sulfide) groups is 1. The van der Waals surface area contributed by atoms with Crippen LogP contribution in [0.1, 0.15) is 26.6 Å². The lowest BCUT2D eigenvalue weighted by atomic mass is 9.96. The number of anilines is 1. The zero-order valence-electron chi connectivity index (χ0n) is 17.6. The Balaban J connectivity index is 2.02. The third kappa shape index (κ3) is 4.50. The molecule has 0 saturated heterocycles. The summed E-state index contributed by atoms with van der Waals surface area (Å²) in [5, 5.41) is 2.63. The number of carbonyl (C=O) groups excluding carboxylic acids is 1. The van der Waals surface area contributed by atoms with Gasteiger partial charge in [0.15, 0.2) is 5.65 Å². The SMILES string of the molecule is Cn1c(=O)c2c(SCC(=O)Nc3cc(F)ccc3F)nc(C(C)(C)C)nc2n(C)c1=O. The highest BCUT2D eigenvalue weighted by atomic mass is 32.2. The summed E-state index contributed by atoms with van der Waals surface area (Å²) in [4.78, 5) is 46.3. The van der Waals surface area contributed by atoms with E-state index in [1.54, 1.807) is 0 Å². The lowest BCUT2D eigenvalue weighted by Gasteiger charge is -2.19. The number of hydrogen-bond acceptors (Lipinski definition) is 6. The smallest absolute Gasteiger partial charge is 0.323 e. The quantitative estimate of drug-likeness (QED) is 0.485. The van der Waals surface area contributed by atoms with Gasteiger partial charge in [-0.05, 0) is 12.1 Å². The van der Waals surface area contributed by atoms with Crippen molar-refractivity contribution in [1.29, 1.82) is 0 Å². The summed E-state index contributed by atoms with van der Waals surface area (Å²) < 4.78 is 29.3. The van der Waals surface area contributed by atoms with Crippen molar-refractivity contribution < 1.29 is 13.6 Å². The first-order chi connectivity index (χ1) is 14.4. The molecule has 0 fully saturated rings. The summed E-state index contributed by atoms with van der Waals surface area (Å²) >= 11 is 0.947. The maximum absolute atomic E-state index is 13.8. The lowest BCUT2D eigenvalue weighted by molar-refractivity contribution is -0.113. The molecule has 8 nitrogen and oxygen atoms in total. The van der Waals surface area contributed by atoms with Gasteiger partial charge >= 0.3 is 5.69 Å². The summed E-state index contributed by atoms with van der Waals surface area (Å²) in [5.41, 5.74) is -1.74. The van der Waals surface area contributed by atoms with Gasteiger partial charge in [0.05, 0.1) is 11.4 Å². The van der Waals surface area contributed by atoms with Crippen LogP contribution in [-0.4, -0.2) is 30.8 Å². The van der Waals surface area contributed by atoms with Gasteiger partial charge in [0.2, 0.25) is 5.91 Å². The highest BCUT2D eigenvalue weighted by molar-refractivity contribution is 8.00. The van der Waals surface area contributed by atoms with E-state index >= 15 is 0 Å². The number of nitrogens with zero attached hydrogens (tertiary/aromatic N) is 4. The molecule has 0 unspecified atom stereocenters. The maximum atomic E-state index is 13.8. The minimum atomic E-state index is -0.772. The summed E-state index contributed by atoms with van der Waals surface area (Å²) in [6.45, 7) is 5.63. The Morgan fingerprint density at radius 1 is 1.13 bits per heavy atom. The predicted molar refractivity (Wildman–Crippen MR) is 114 cm³/mol. The molecular weight excluding hydrogens is 428 g/mol. The summed E-state index contributed by atoms with van der Waals surface area (Å²) in [6.07, 6.45) is 0. The van der Waals surface area contributed by atoms with Crippen molar-refractivity contribution in [1.82, 2.24) is 19.1 Å². The standard InChI is InChI=1S/C20H21F2N5O3S/c1-20(2,3)18-24-15-14(17(29)27(5)19(30)26(15)4)16(25-18)31-9-13(28)23-12-8-10(21)6-7-11(12)22/h6-8H,9H2,1-5H3,(H,23,28). The number of halogens is 2. The van der Waals surface area contributed by atoms with Crippen LogP contribution in [0.3, 0.4) is 0 Å². The molecule has 0 aliphatic heterocycles. The molecule has 3 rings (SSSR count). The predicted octanol–water partition coefficient (Wildman–Crippen LogP) is 2.33. The molecule has 3 aromatic rings. The third-order valence-electron chi connectivity index (χ3n) is 4.48. The molecule has 1 amide bonds. The largest absolute Gasteiger partial charge is 0.332 e. The Morgan fingerprint density at radius 2 is 1.81 bits per heavy atom. The van der Waals surface area contributed by atoms with Crippen molar-refractivity contribution in [3.8, 4) is 0 Å². The van der Waals surface area contributed by atoms with Gasteiger partial charge in [-0.3, -0.25) is 18.7 Å². The molecule has 31 heavy (non-hydrogen) atoms. The highest BCUT2D eigenvalue weighted by Gasteiger charge is 2.24. The second kappa shape index (κ2) is 8.22. The van der Waals surface area contributed by atoms with Crippen LogP contribution in [0, 0.1) is 11.6 Å². The first-order valence-electron chi connectivity index (χ1n) is 9.26. The number of aryl methyl sites for hydroxylation is 1. The molecule has 2 heterocycles. The summed E-state index contributed by atoms with van der Waals surface area (Å²) in [6, 6.07) is 2.73. The van der Waals surface area contributed by atoms with Gasteiger partial charge in [-0.25, -0.2) is 23.5 Å². The fourth-order valence-corrected chi connectivity index (χ4v) is 3.60. The van der Waals surface area contributed by atoms with Crippen molar-refractivity contribution in [2.45, 2.75) is 31.2 Å². The normalized spacial score (nSPS) is 11.7. The summed E-state index contributed by atoms with van der Waals surface area (Å²) in [5.74, 6) is -1.91. The number of benzene rings is 1. The van der Waals surface area contributed by atoms with Gasteiger partial charge in [0.1, 0.15) is 27.9 Å². The number of rotatable bonds is 4. The van der Waals surface area contributed by atoms with Gasteiger partial charge in [0, 0.05) is 25.6 Å². The average Bonchev–Trinajstić information content (AvgIpc) is 2.70. The average molecular weight is 449 g/mol. The summed E-state index contributed by atoms with van der Waals surface area (Å²) in [7, 11) is 2.84. The fourth-order valence-electron chi connectivity index (χ4n) is 2.78. The van der Waals surface area contributed by atoms with Gasteiger partial charge in [-0.2, -0.15) is 0 Å². The molecule has 0 aliphatic rings. The Bertz CT molecular complexity index is 1310. The van der Waals surface area contributed by atoms with E-state index in [0.717, 1.165) is 34.5 Å². The van der Waals surface area contributed by atoms with Crippen LogP contribution in [0.15, 0.2) is 32.8 Å². The first-order valence-corrected chi connectivity index (χ1v) is 10.2. The lowest BCUT2D eigenvalue weighted by Crippen LogP contribution is -2.38. The number of nitrogens with one attached hydrogen (secondary N) is 1. The second-order valence-corrected chi connectivity index (χ2v) is 8.93. The van der Waals surface area contributed by atoms with Crippen molar-refractivity contribution in [3.05, 3.63) is 56.5 Å². The van der Waals surface area contributed by atoms with Gasteiger partial charge < -0.3 is 5.32 Å². The topological polar surface area (TPSA) is 98.9 Å². The van der Waals surface area contributed by atoms with Crippen molar-refractivity contribution in [2.75, 3.05) is 11.1 Å². The molecule has 11 heteroatoms. The van der Waals surface area contributed by atoms with E-state index < -0.39 is 34.2 Å². The molecule has 0 saturated carbocycles. The zero-order chi connectivity index (χ0) is 23.1. The molecule has 0 radical (unpaired) electrons. The van der Waals surface area contributed by atoms with Crippen molar-refractivity contribution in [2.24, 2.45) is 14.1 Å². The molecular formula is C20H21F2N5O3S. The van der Waals surface area contributed by atoms with Crippen LogP contribution in [-0.2, 0) is 24.3 Å². The van der Waals surface area contributed by atoms with Crippen LogP contribution in [0.2, 0.25) is 0 Å². The Labute approximate surface area is 180 Å². The molecule has 0 bridgehead atoms. The van der Waals surface area contributed by atoms with E-state index in [1.807, 2.05) is 20.8 Å². The highest BCUT2D eigenvalue weighted by Crippen LogP contribution is 2.27. The molecule has 164 valence electrons. The van der Waals surface area contributed by atoms with Crippen LogP contribution in [0.5, 0.6) is 0 Å². The molecule has 0 atom stereocenters. The second-order valence-electron chi connectivity index (χ2n) is 7.97. The van der Waals surface area contributed by atoms with E-state index in [0.29, 0.717) is 5.82 Å². The van der Waals surface area contributed by atoms with Crippen LogP contribution < -0.4 is 16.6 Å². The minimum Gasteiger partial charge on any atom is -0.323 e. The zero-order valence-corrected chi connectivity index (χ0v) is 18.4. The van der Waals surface area contributed by atoms with E-state index in [1.165, 1.54) is 18.7 Å². The van der Waals surface area contributed by atoms with Crippen LogP contribution >= 0.6 is 11.8 Å². The number of fused-ring (bicyclic) bond motifs is 1. The Kier molecular flexibility index (Phi) is 5.99. The van der Waals surface area contributed by atoms with Crippen LogP contribution in [0.25, 0.3) is 11.0 Å². The third-order valence-corrected chi connectivity index (χ3v) is 5.46. The molecule has 2 aromatic heterocycles. The molecule has 1 N–H and O–H groups in total. The fraction of sp³-hybridized carbons (Fsp3) is 0.350. The van der Waals surface area contributed by atoms with Gasteiger partial charge in [-0.1, -0.05) is 32.5 Å². The molecule has 0 aliphatic carbocycles. The molecule has 1 aromatic carbocycles. The van der Waals surface area contributed by atoms with E-state index in [-0.39, 0.29) is 27.5 Å². The number of hydrogen-bond donors (Lipinski definition) is 1. The van der Waals surface area contributed by atoms with E-state index in [9.17, 15) is 23.2 Å². The van der Waals surface area contributed by atoms with E-state index in [4.69, 9.17) is 0 Å². The van der Waals surface area contributed by atoms with Gasteiger partial charge in [-0.15, -0.1) is 0 Å². The number of amides is 1. The Hall–Kier alpha value is -3.08. The minimum absolute atomic E-state index is 0.104. The number of aromatic nitrogens is 4. The molecule has 0 spiro atoms.